The fraction of sp³-hybridized carbons (Fsp3) is 0.368. The van der Waals surface area contributed by atoms with E-state index in [0.29, 0.717) is 4.90 Å². The maximum Gasteiger partial charge on any atom is 0.178 e. The van der Waals surface area contributed by atoms with Gasteiger partial charge in [-0.15, -0.1) is 0 Å². The molecule has 118 valence electrons. The van der Waals surface area contributed by atoms with Crippen molar-refractivity contribution in [3.05, 3.63) is 54.6 Å². The highest BCUT2D eigenvalue weighted by Crippen LogP contribution is 2.22. The smallest absolute Gasteiger partial charge is 0.178 e. The summed E-state index contributed by atoms with van der Waals surface area (Å²) >= 11 is 0. The Balaban J connectivity index is 2.00. The van der Waals surface area contributed by atoms with Gasteiger partial charge >= 0.3 is 0 Å². The van der Waals surface area contributed by atoms with Crippen molar-refractivity contribution in [1.82, 2.24) is 0 Å². The highest BCUT2D eigenvalue weighted by Gasteiger charge is 2.13. The van der Waals surface area contributed by atoms with E-state index in [9.17, 15) is 8.42 Å². The van der Waals surface area contributed by atoms with Crippen molar-refractivity contribution in [2.75, 3.05) is 5.75 Å². The summed E-state index contributed by atoms with van der Waals surface area (Å²) in [5, 5.41) is 0. The Bertz CT molecular complexity index is 658. The lowest BCUT2D eigenvalue weighted by Crippen LogP contribution is -2.06. The molecule has 0 saturated heterocycles. The van der Waals surface area contributed by atoms with Crippen molar-refractivity contribution in [2.45, 2.75) is 43.9 Å². The second kappa shape index (κ2) is 8.14. The van der Waals surface area contributed by atoms with Gasteiger partial charge in [-0.2, -0.15) is 0 Å². The number of benzene rings is 2. The first-order valence-corrected chi connectivity index (χ1v) is 9.67. The van der Waals surface area contributed by atoms with E-state index < -0.39 is 9.84 Å². The third-order valence-corrected chi connectivity index (χ3v) is 5.65. The fourth-order valence-electron chi connectivity index (χ4n) is 2.50. The minimum Gasteiger partial charge on any atom is -0.224 e. The number of rotatable bonds is 8. The Morgan fingerprint density at radius 1 is 0.727 bits per heavy atom. The average Bonchev–Trinajstić information content (AvgIpc) is 2.55. The van der Waals surface area contributed by atoms with Crippen LogP contribution in [0, 0.1) is 0 Å². The zero-order chi connectivity index (χ0) is 15.8. The van der Waals surface area contributed by atoms with Crippen LogP contribution < -0.4 is 0 Å². The third-order valence-electron chi connectivity index (χ3n) is 3.84. The molecule has 0 radical (unpaired) electrons. The SMILES string of the molecule is CCCCCCCS(=O)(=O)c1ccc(-c2ccccc2)cc1. The van der Waals surface area contributed by atoms with Crippen LogP contribution in [0.3, 0.4) is 0 Å². The Hall–Kier alpha value is -1.61. The molecule has 0 fully saturated rings. The largest absolute Gasteiger partial charge is 0.224 e. The molecule has 0 aromatic heterocycles. The summed E-state index contributed by atoms with van der Waals surface area (Å²) in [7, 11) is -3.15. The van der Waals surface area contributed by atoms with Crippen molar-refractivity contribution in [2.24, 2.45) is 0 Å². The van der Waals surface area contributed by atoms with E-state index in [2.05, 4.69) is 6.92 Å². The van der Waals surface area contributed by atoms with Gasteiger partial charge in [0.15, 0.2) is 9.84 Å². The van der Waals surface area contributed by atoms with Gasteiger partial charge in [-0.3, -0.25) is 0 Å². The lowest BCUT2D eigenvalue weighted by molar-refractivity contribution is 0.587. The molecule has 0 bridgehead atoms. The van der Waals surface area contributed by atoms with Gasteiger partial charge in [0.25, 0.3) is 0 Å². The third kappa shape index (κ3) is 4.70. The van der Waals surface area contributed by atoms with Crippen LogP contribution in [0.15, 0.2) is 59.5 Å². The molecule has 0 spiro atoms. The molecule has 0 N–H and O–H groups in total. The molecule has 2 rings (SSSR count). The molecule has 3 heteroatoms. The van der Waals surface area contributed by atoms with E-state index in [1.54, 1.807) is 12.1 Å². The van der Waals surface area contributed by atoms with Crippen molar-refractivity contribution in [3.63, 3.8) is 0 Å². The van der Waals surface area contributed by atoms with Gasteiger partial charge in [-0.05, 0) is 29.7 Å². The van der Waals surface area contributed by atoms with Crippen LogP contribution in [0.25, 0.3) is 11.1 Å². The highest BCUT2D eigenvalue weighted by molar-refractivity contribution is 7.91. The van der Waals surface area contributed by atoms with Gasteiger partial charge in [0.1, 0.15) is 0 Å². The first kappa shape index (κ1) is 16.8. The van der Waals surface area contributed by atoms with Gasteiger partial charge in [-0.25, -0.2) is 8.42 Å². The van der Waals surface area contributed by atoms with Crippen LogP contribution in [0.1, 0.15) is 39.0 Å². The first-order valence-electron chi connectivity index (χ1n) is 8.02. The Labute approximate surface area is 134 Å². The first-order chi connectivity index (χ1) is 10.6. The van der Waals surface area contributed by atoms with Gasteiger partial charge in [0.2, 0.25) is 0 Å². The molecule has 2 nitrogen and oxygen atoms in total. The molecule has 0 atom stereocenters. The van der Waals surface area contributed by atoms with E-state index in [-0.39, 0.29) is 5.75 Å². The quantitative estimate of drug-likeness (QED) is 0.635. The monoisotopic (exact) mass is 316 g/mol. The molecule has 2 aromatic carbocycles. The second-order valence-electron chi connectivity index (χ2n) is 5.62. The molecule has 0 aliphatic rings. The normalized spacial score (nSPS) is 11.5. The fourth-order valence-corrected chi connectivity index (χ4v) is 3.87. The summed E-state index contributed by atoms with van der Waals surface area (Å²) in [4.78, 5) is 0.433. The standard InChI is InChI=1S/C19H24O2S/c1-2-3-4-5-9-16-22(20,21)19-14-12-18(13-15-19)17-10-7-6-8-11-17/h6-8,10-15H,2-5,9,16H2,1H3. The minimum absolute atomic E-state index is 0.251. The van der Waals surface area contributed by atoms with E-state index in [1.807, 2.05) is 42.5 Å². The topological polar surface area (TPSA) is 34.1 Å². The zero-order valence-corrected chi connectivity index (χ0v) is 14.0. The molecule has 0 aliphatic carbocycles. The molecule has 0 amide bonds. The van der Waals surface area contributed by atoms with Gasteiger partial charge in [0.05, 0.1) is 10.6 Å². The lowest BCUT2D eigenvalue weighted by atomic mass is 10.1. The number of unbranched alkanes of at least 4 members (excludes halogenated alkanes) is 4. The summed E-state index contributed by atoms with van der Waals surface area (Å²) in [6.07, 6.45) is 5.23. The van der Waals surface area contributed by atoms with Crippen molar-refractivity contribution in [1.29, 1.82) is 0 Å². The maximum atomic E-state index is 12.3. The Kier molecular flexibility index (Phi) is 6.20. The van der Waals surface area contributed by atoms with Gasteiger partial charge in [0, 0.05) is 0 Å². The molecule has 2 aromatic rings. The van der Waals surface area contributed by atoms with E-state index in [0.717, 1.165) is 30.4 Å². The molecule has 0 saturated carbocycles. The van der Waals surface area contributed by atoms with Crippen LogP contribution in [0.2, 0.25) is 0 Å². The molecular formula is C19H24O2S. The predicted molar refractivity (Wildman–Crippen MR) is 92.7 cm³/mol. The summed E-state index contributed by atoms with van der Waals surface area (Å²) < 4.78 is 24.6. The minimum atomic E-state index is -3.15. The predicted octanol–water partition coefficient (Wildman–Crippen LogP) is 5.10. The Morgan fingerprint density at radius 2 is 1.32 bits per heavy atom. The molecular weight excluding hydrogens is 292 g/mol. The van der Waals surface area contributed by atoms with E-state index >= 15 is 0 Å². The van der Waals surface area contributed by atoms with Gasteiger partial charge < -0.3 is 0 Å². The van der Waals surface area contributed by atoms with Crippen LogP contribution in [-0.4, -0.2) is 14.2 Å². The average molecular weight is 316 g/mol. The van der Waals surface area contributed by atoms with Crippen molar-refractivity contribution < 1.29 is 8.42 Å². The number of hydrogen-bond acceptors (Lipinski definition) is 2. The highest BCUT2D eigenvalue weighted by atomic mass is 32.2. The van der Waals surface area contributed by atoms with Crippen LogP contribution in [0.4, 0.5) is 0 Å². The van der Waals surface area contributed by atoms with Crippen LogP contribution >= 0.6 is 0 Å². The van der Waals surface area contributed by atoms with Crippen LogP contribution in [-0.2, 0) is 9.84 Å². The lowest BCUT2D eigenvalue weighted by Gasteiger charge is -2.06. The second-order valence-corrected chi connectivity index (χ2v) is 7.73. The molecule has 22 heavy (non-hydrogen) atoms. The van der Waals surface area contributed by atoms with Crippen molar-refractivity contribution in [3.8, 4) is 11.1 Å². The number of sulfone groups is 1. The molecule has 0 unspecified atom stereocenters. The molecule has 0 heterocycles. The number of hydrogen-bond donors (Lipinski definition) is 0. The summed E-state index contributed by atoms with van der Waals surface area (Å²) in [6, 6.07) is 17.2. The maximum absolute atomic E-state index is 12.3. The van der Waals surface area contributed by atoms with E-state index in [1.165, 1.54) is 12.8 Å². The van der Waals surface area contributed by atoms with Crippen LogP contribution in [0.5, 0.6) is 0 Å². The Morgan fingerprint density at radius 3 is 1.95 bits per heavy atom. The zero-order valence-electron chi connectivity index (χ0n) is 13.2. The molecule has 0 aliphatic heterocycles. The van der Waals surface area contributed by atoms with E-state index in [4.69, 9.17) is 0 Å². The van der Waals surface area contributed by atoms with Gasteiger partial charge in [-0.1, -0.05) is 75.1 Å². The summed E-state index contributed by atoms with van der Waals surface area (Å²) in [6.45, 7) is 2.16. The van der Waals surface area contributed by atoms with Crippen molar-refractivity contribution >= 4 is 9.84 Å². The summed E-state index contributed by atoms with van der Waals surface area (Å²) in [5.41, 5.74) is 2.15. The summed E-state index contributed by atoms with van der Waals surface area (Å²) in [5.74, 6) is 0.251.